The van der Waals surface area contributed by atoms with Crippen molar-refractivity contribution < 1.29 is 14.3 Å². The summed E-state index contributed by atoms with van der Waals surface area (Å²) in [6, 6.07) is 14.0. The summed E-state index contributed by atoms with van der Waals surface area (Å²) < 4.78 is 11.5. The van der Waals surface area contributed by atoms with Gasteiger partial charge in [0.1, 0.15) is 23.1 Å². The van der Waals surface area contributed by atoms with Crippen LogP contribution < -0.4 is 20.5 Å². The minimum atomic E-state index is -0.663. The molecule has 32 heavy (non-hydrogen) atoms. The summed E-state index contributed by atoms with van der Waals surface area (Å²) in [6.07, 6.45) is 1.41. The molecule has 0 aliphatic carbocycles. The summed E-state index contributed by atoms with van der Waals surface area (Å²) in [5.41, 5.74) is 3.69. The van der Waals surface area contributed by atoms with E-state index in [1.807, 2.05) is 19.1 Å². The van der Waals surface area contributed by atoms with Gasteiger partial charge in [0, 0.05) is 17.2 Å². The number of benzene rings is 2. The maximum Gasteiger partial charge on any atom is 0.292 e. The van der Waals surface area contributed by atoms with E-state index in [9.17, 15) is 14.9 Å². The zero-order valence-electron chi connectivity index (χ0n) is 18.0. The summed E-state index contributed by atoms with van der Waals surface area (Å²) in [5, 5.41) is 17.6. The van der Waals surface area contributed by atoms with Crippen LogP contribution in [0.4, 0.5) is 0 Å². The summed E-state index contributed by atoms with van der Waals surface area (Å²) in [4.78, 5) is 25.5. The number of hydrogen-bond donors (Lipinski definition) is 1. The number of amides is 1. The van der Waals surface area contributed by atoms with Gasteiger partial charge < -0.3 is 9.47 Å². The third-order valence-corrected chi connectivity index (χ3v) is 4.72. The monoisotopic (exact) mass is 431 g/mol. The summed E-state index contributed by atoms with van der Waals surface area (Å²) >= 11 is 0. The van der Waals surface area contributed by atoms with E-state index in [1.54, 1.807) is 43.5 Å². The summed E-state index contributed by atoms with van der Waals surface area (Å²) in [6.45, 7) is 3.36. The number of rotatable bonds is 6. The molecule has 0 fully saturated rings. The molecule has 0 aliphatic rings. The van der Waals surface area contributed by atoms with E-state index in [0.29, 0.717) is 22.7 Å². The highest BCUT2D eigenvalue weighted by Gasteiger charge is 2.20. The van der Waals surface area contributed by atoms with Crippen LogP contribution in [0.3, 0.4) is 0 Å². The topological polar surface area (TPSA) is 119 Å². The standard InChI is InChI=1S/C23H21N5O4/c1-14-6-5-7-17(10-14)28-23(30)19(12-24)15(2)21(27-28)22(29)26-25-13-16-8-9-18(31-3)11-20(16)32-4/h5-11,13H,1-4H3,(H,26,29)/b25-13+. The Morgan fingerprint density at radius 3 is 2.62 bits per heavy atom. The molecule has 162 valence electrons. The number of aromatic nitrogens is 2. The van der Waals surface area contributed by atoms with Gasteiger partial charge in [0.25, 0.3) is 11.5 Å². The van der Waals surface area contributed by atoms with Crippen LogP contribution in [-0.2, 0) is 0 Å². The lowest BCUT2D eigenvalue weighted by atomic mass is 10.1. The fourth-order valence-corrected chi connectivity index (χ4v) is 3.03. The number of carbonyl (C=O) groups is 1. The van der Waals surface area contributed by atoms with E-state index in [-0.39, 0.29) is 16.8 Å². The predicted octanol–water partition coefficient (Wildman–Crippen LogP) is 2.50. The van der Waals surface area contributed by atoms with Crippen LogP contribution in [0, 0.1) is 25.2 Å². The lowest BCUT2D eigenvalue weighted by Gasteiger charge is -2.11. The molecular weight excluding hydrogens is 410 g/mol. The average molecular weight is 431 g/mol. The molecule has 0 radical (unpaired) electrons. The number of carbonyl (C=O) groups excluding carboxylic acids is 1. The molecule has 1 aromatic heterocycles. The number of ether oxygens (including phenoxy) is 2. The first-order valence-corrected chi connectivity index (χ1v) is 9.56. The normalized spacial score (nSPS) is 10.6. The molecule has 0 unspecified atom stereocenters. The molecule has 1 heterocycles. The van der Waals surface area contributed by atoms with E-state index in [4.69, 9.17) is 9.47 Å². The van der Waals surface area contributed by atoms with Gasteiger partial charge >= 0.3 is 0 Å². The molecule has 9 nitrogen and oxygen atoms in total. The smallest absolute Gasteiger partial charge is 0.292 e. The van der Waals surface area contributed by atoms with Crippen molar-refractivity contribution in [3.63, 3.8) is 0 Å². The second-order valence-corrected chi connectivity index (χ2v) is 6.82. The van der Waals surface area contributed by atoms with Crippen molar-refractivity contribution in [2.24, 2.45) is 5.10 Å². The highest BCUT2D eigenvalue weighted by atomic mass is 16.5. The van der Waals surface area contributed by atoms with E-state index >= 15 is 0 Å². The molecule has 0 bridgehead atoms. The van der Waals surface area contributed by atoms with Crippen LogP contribution in [-0.4, -0.2) is 36.1 Å². The zero-order chi connectivity index (χ0) is 23.3. The maximum absolute atomic E-state index is 12.8. The van der Waals surface area contributed by atoms with Crippen LogP contribution in [0.25, 0.3) is 5.69 Å². The first kappa shape index (κ1) is 22.2. The lowest BCUT2D eigenvalue weighted by Crippen LogP contribution is -2.31. The van der Waals surface area contributed by atoms with E-state index in [0.717, 1.165) is 10.2 Å². The molecule has 0 saturated carbocycles. The Kier molecular flexibility index (Phi) is 6.65. The third kappa shape index (κ3) is 4.49. The molecule has 0 atom stereocenters. The van der Waals surface area contributed by atoms with Crippen LogP contribution in [0.15, 0.2) is 52.4 Å². The quantitative estimate of drug-likeness (QED) is 0.473. The third-order valence-electron chi connectivity index (χ3n) is 4.72. The number of nitriles is 1. The van der Waals surface area contributed by atoms with Crippen LogP contribution in [0.2, 0.25) is 0 Å². The molecule has 3 rings (SSSR count). The van der Waals surface area contributed by atoms with E-state index in [2.05, 4.69) is 15.6 Å². The van der Waals surface area contributed by atoms with Gasteiger partial charge in [0.05, 0.1) is 26.1 Å². The Bertz CT molecular complexity index is 1300. The number of hydrazone groups is 1. The molecule has 3 aromatic rings. The average Bonchev–Trinajstić information content (AvgIpc) is 2.79. The number of hydrogen-bond acceptors (Lipinski definition) is 7. The first-order valence-electron chi connectivity index (χ1n) is 9.56. The van der Waals surface area contributed by atoms with Gasteiger partial charge in [-0.05, 0) is 43.7 Å². The fourth-order valence-electron chi connectivity index (χ4n) is 3.03. The molecule has 1 amide bonds. The van der Waals surface area contributed by atoms with Crippen LogP contribution in [0.1, 0.15) is 32.7 Å². The van der Waals surface area contributed by atoms with Crippen molar-refractivity contribution in [1.82, 2.24) is 15.2 Å². The largest absolute Gasteiger partial charge is 0.497 e. The SMILES string of the molecule is COc1ccc(/C=N/NC(=O)c2nn(-c3cccc(C)c3)c(=O)c(C#N)c2C)c(OC)c1. The Morgan fingerprint density at radius 2 is 1.97 bits per heavy atom. The molecule has 9 heteroatoms. The van der Waals surface area contributed by atoms with Crippen LogP contribution in [0.5, 0.6) is 11.5 Å². The van der Waals surface area contributed by atoms with E-state index in [1.165, 1.54) is 20.2 Å². The number of aryl methyl sites for hydroxylation is 1. The Labute approximate surface area is 184 Å². The first-order chi connectivity index (χ1) is 15.4. The Balaban J connectivity index is 1.95. The van der Waals surface area contributed by atoms with Gasteiger partial charge in [-0.1, -0.05) is 12.1 Å². The van der Waals surface area contributed by atoms with Crippen molar-refractivity contribution in [3.8, 4) is 23.3 Å². The van der Waals surface area contributed by atoms with Gasteiger partial charge in [-0.3, -0.25) is 9.59 Å². The lowest BCUT2D eigenvalue weighted by molar-refractivity contribution is 0.0947. The zero-order valence-corrected chi connectivity index (χ0v) is 18.0. The van der Waals surface area contributed by atoms with Crippen molar-refractivity contribution >= 4 is 12.1 Å². The Hall–Kier alpha value is -4.45. The molecular formula is C23H21N5O4. The summed E-state index contributed by atoms with van der Waals surface area (Å²) in [7, 11) is 3.06. The van der Waals surface area contributed by atoms with Crippen molar-refractivity contribution in [2.75, 3.05) is 14.2 Å². The van der Waals surface area contributed by atoms with Gasteiger partial charge in [0.15, 0.2) is 5.69 Å². The molecule has 0 aliphatic heterocycles. The number of methoxy groups -OCH3 is 2. The van der Waals surface area contributed by atoms with Gasteiger partial charge in [0.2, 0.25) is 0 Å². The Morgan fingerprint density at radius 1 is 1.19 bits per heavy atom. The summed E-state index contributed by atoms with van der Waals surface area (Å²) in [5.74, 6) is 0.464. The second kappa shape index (κ2) is 9.57. The van der Waals surface area contributed by atoms with Crippen molar-refractivity contribution in [2.45, 2.75) is 13.8 Å². The highest BCUT2D eigenvalue weighted by Crippen LogP contribution is 2.23. The van der Waals surface area contributed by atoms with Crippen LogP contribution >= 0.6 is 0 Å². The number of nitrogens with one attached hydrogen (secondary N) is 1. The van der Waals surface area contributed by atoms with Gasteiger partial charge in [-0.2, -0.15) is 20.1 Å². The second-order valence-electron chi connectivity index (χ2n) is 6.82. The van der Waals surface area contributed by atoms with E-state index < -0.39 is 11.5 Å². The molecule has 2 aromatic carbocycles. The minimum Gasteiger partial charge on any atom is -0.497 e. The molecule has 0 spiro atoms. The predicted molar refractivity (Wildman–Crippen MR) is 119 cm³/mol. The van der Waals surface area contributed by atoms with Gasteiger partial charge in [-0.25, -0.2) is 5.43 Å². The number of nitrogens with zero attached hydrogens (tertiary/aromatic N) is 4. The maximum atomic E-state index is 12.8. The van der Waals surface area contributed by atoms with Gasteiger partial charge in [-0.15, -0.1) is 0 Å². The van der Waals surface area contributed by atoms with Crippen molar-refractivity contribution in [1.29, 1.82) is 5.26 Å². The molecule has 1 N–H and O–H groups in total. The fraction of sp³-hybridized carbons (Fsp3) is 0.174. The minimum absolute atomic E-state index is 0.0819. The van der Waals surface area contributed by atoms with Crippen molar-refractivity contribution in [3.05, 3.63) is 80.8 Å². The molecule has 0 saturated heterocycles. The highest BCUT2D eigenvalue weighted by molar-refractivity contribution is 5.95.